The summed E-state index contributed by atoms with van der Waals surface area (Å²) in [6.07, 6.45) is 2.37. The van der Waals surface area contributed by atoms with Crippen LogP contribution < -0.4 is 0 Å². The Bertz CT molecular complexity index is 274. The summed E-state index contributed by atoms with van der Waals surface area (Å²) in [6.45, 7) is 2.08. The van der Waals surface area contributed by atoms with Crippen LogP contribution in [0.3, 0.4) is 0 Å². The molecule has 11 heavy (non-hydrogen) atoms. The normalized spacial score (nSPS) is 8.55. The molecule has 0 aromatic heterocycles. The van der Waals surface area contributed by atoms with E-state index in [9.17, 15) is 4.39 Å². The molecule has 0 aliphatic carbocycles. The molecule has 0 saturated carbocycles. The molecule has 56 valence electrons. The van der Waals surface area contributed by atoms with Gasteiger partial charge in [0.2, 0.25) is 0 Å². The van der Waals surface area contributed by atoms with E-state index in [0.29, 0.717) is 0 Å². The molecule has 1 aromatic carbocycles. The smallest absolute Gasteiger partial charge is 0.111 e. The lowest BCUT2D eigenvalue weighted by atomic mass is 10.1. The average Bonchev–Trinajstić information content (AvgIpc) is 2.07. The molecule has 0 heterocycles. The van der Waals surface area contributed by atoms with Crippen LogP contribution in [0.15, 0.2) is 24.3 Å². The molecule has 0 saturated heterocycles. The topological polar surface area (TPSA) is 0 Å². The van der Waals surface area contributed by atoms with E-state index < -0.39 is 0 Å². The van der Waals surface area contributed by atoms with Crippen LogP contribution in [0.4, 0.5) is 4.39 Å². The van der Waals surface area contributed by atoms with Crippen molar-refractivity contribution < 1.29 is 4.39 Å². The summed E-state index contributed by atoms with van der Waals surface area (Å²) in [5, 5.41) is 0. The van der Waals surface area contributed by atoms with Crippen LogP contribution in [-0.2, 0) is 6.42 Å². The van der Waals surface area contributed by atoms with E-state index >= 15 is 0 Å². The maximum atomic E-state index is 11.5. The average molecular weight is 148 g/mol. The SMILES string of the molecule is CCc1ccc(C#CF)cc1. The molecule has 0 radical (unpaired) electrons. The lowest BCUT2D eigenvalue weighted by Gasteiger charge is -1.93. The Balaban J connectivity index is 2.88. The van der Waals surface area contributed by atoms with Gasteiger partial charge in [0.15, 0.2) is 0 Å². The van der Waals surface area contributed by atoms with E-state index in [2.05, 4.69) is 12.8 Å². The fourth-order valence-corrected chi connectivity index (χ4v) is 0.878. The number of benzene rings is 1. The molecule has 0 atom stereocenters. The molecule has 0 unspecified atom stereocenters. The van der Waals surface area contributed by atoms with E-state index in [1.54, 1.807) is 0 Å². The molecule has 0 aliphatic rings. The molecular weight excluding hydrogens is 139 g/mol. The summed E-state index contributed by atoms with van der Waals surface area (Å²) in [7, 11) is 0. The van der Waals surface area contributed by atoms with Crippen molar-refractivity contribution in [3.8, 4) is 12.1 Å². The molecule has 1 rings (SSSR count). The molecule has 0 N–H and O–H groups in total. The van der Waals surface area contributed by atoms with Gasteiger partial charge in [-0.05, 0) is 30.0 Å². The summed E-state index contributed by atoms with van der Waals surface area (Å²) >= 11 is 0. The van der Waals surface area contributed by atoms with Crippen LogP contribution in [0.2, 0.25) is 0 Å². The highest BCUT2D eigenvalue weighted by Gasteiger charge is 1.87. The Morgan fingerprint density at radius 3 is 2.36 bits per heavy atom. The lowest BCUT2D eigenvalue weighted by molar-refractivity contribution is 0.774. The van der Waals surface area contributed by atoms with Gasteiger partial charge in [-0.3, -0.25) is 0 Å². The largest absolute Gasteiger partial charge is 0.144 e. The van der Waals surface area contributed by atoms with Crippen molar-refractivity contribution in [2.75, 3.05) is 0 Å². The van der Waals surface area contributed by atoms with E-state index in [1.165, 1.54) is 11.7 Å². The Morgan fingerprint density at radius 1 is 1.27 bits per heavy atom. The maximum Gasteiger partial charge on any atom is 0.111 e. The molecular formula is C10H9F. The molecule has 0 nitrogen and oxygen atoms in total. The first-order valence-corrected chi connectivity index (χ1v) is 3.57. The fourth-order valence-electron chi connectivity index (χ4n) is 0.878. The van der Waals surface area contributed by atoms with Crippen LogP contribution >= 0.6 is 0 Å². The Morgan fingerprint density at radius 2 is 1.91 bits per heavy atom. The monoisotopic (exact) mass is 148 g/mol. The predicted molar refractivity (Wildman–Crippen MR) is 43.8 cm³/mol. The van der Waals surface area contributed by atoms with Crippen molar-refractivity contribution in [1.82, 2.24) is 0 Å². The Labute approximate surface area is 66.1 Å². The summed E-state index contributed by atoms with van der Waals surface area (Å²) in [6, 6.07) is 7.57. The minimum absolute atomic E-state index is 0.727. The maximum absolute atomic E-state index is 11.5. The minimum atomic E-state index is 0.727. The third-order valence-corrected chi connectivity index (χ3v) is 1.55. The third-order valence-electron chi connectivity index (χ3n) is 1.55. The standard InChI is InChI=1S/C10H9F/c1-2-9-3-5-10(6-4-9)7-8-11/h3-6H,2H2,1H3. The molecule has 0 fully saturated rings. The number of rotatable bonds is 1. The highest BCUT2D eigenvalue weighted by Crippen LogP contribution is 2.03. The number of hydrogen-bond acceptors (Lipinski definition) is 0. The molecule has 0 aliphatic heterocycles. The van der Waals surface area contributed by atoms with Gasteiger partial charge in [-0.1, -0.05) is 19.1 Å². The highest BCUT2D eigenvalue weighted by molar-refractivity contribution is 5.34. The summed E-state index contributed by atoms with van der Waals surface area (Å²) < 4.78 is 11.5. The van der Waals surface area contributed by atoms with E-state index in [1.807, 2.05) is 24.3 Å². The van der Waals surface area contributed by atoms with Crippen LogP contribution in [0.5, 0.6) is 0 Å². The Hall–Kier alpha value is -1.29. The van der Waals surface area contributed by atoms with Crippen LogP contribution in [0.1, 0.15) is 18.1 Å². The van der Waals surface area contributed by atoms with Crippen molar-refractivity contribution in [2.45, 2.75) is 13.3 Å². The first kappa shape index (κ1) is 7.81. The zero-order valence-electron chi connectivity index (χ0n) is 6.39. The van der Waals surface area contributed by atoms with Crippen LogP contribution in [0.25, 0.3) is 0 Å². The third kappa shape index (κ3) is 2.09. The van der Waals surface area contributed by atoms with Crippen molar-refractivity contribution in [3.05, 3.63) is 35.4 Å². The summed E-state index contributed by atoms with van der Waals surface area (Å²) in [4.78, 5) is 0. The summed E-state index contributed by atoms with van der Waals surface area (Å²) in [5.41, 5.74) is 1.97. The van der Waals surface area contributed by atoms with Crippen LogP contribution in [0, 0.1) is 12.1 Å². The molecule has 0 amide bonds. The molecule has 0 spiro atoms. The van der Waals surface area contributed by atoms with Gasteiger partial charge in [0, 0.05) is 5.56 Å². The first-order valence-electron chi connectivity index (χ1n) is 3.57. The second-order valence-electron chi connectivity index (χ2n) is 2.27. The van der Waals surface area contributed by atoms with Crippen LogP contribution in [-0.4, -0.2) is 0 Å². The fraction of sp³-hybridized carbons (Fsp3) is 0.200. The number of aryl methyl sites for hydroxylation is 1. The summed E-state index contributed by atoms with van der Waals surface area (Å²) in [5.74, 6) is 2.34. The number of hydrogen-bond donors (Lipinski definition) is 0. The predicted octanol–water partition coefficient (Wildman–Crippen LogP) is 2.53. The molecule has 0 bridgehead atoms. The zero-order valence-corrected chi connectivity index (χ0v) is 6.39. The lowest BCUT2D eigenvalue weighted by Crippen LogP contribution is -1.79. The van der Waals surface area contributed by atoms with Crippen molar-refractivity contribution in [3.63, 3.8) is 0 Å². The minimum Gasteiger partial charge on any atom is -0.144 e. The van der Waals surface area contributed by atoms with Gasteiger partial charge in [-0.2, -0.15) is 0 Å². The van der Waals surface area contributed by atoms with Crippen molar-refractivity contribution >= 4 is 0 Å². The second-order valence-corrected chi connectivity index (χ2v) is 2.27. The Kier molecular flexibility index (Phi) is 2.68. The van der Waals surface area contributed by atoms with Crippen molar-refractivity contribution in [1.29, 1.82) is 0 Å². The van der Waals surface area contributed by atoms with Gasteiger partial charge in [0.05, 0.1) is 0 Å². The van der Waals surface area contributed by atoms with Crippen molar-refractivity contribution in [2.24, 2.45) is 0 Å². The zero-order chi connectivity index (χ0) is 8.10. The molecule has 1 heteroatoms. The first-order chi connectivity index (χ1) is 5.36. The highest BCUT2D eigenvalue weighted by atomic mass is 19.1. The van der Waals surface area contributed by atoms with E-state index in [4.69, 9.17) is 0 Å². The number of halogens is 1. The van der Waals surface area contributed by atoms with Gasteiger partial charge in [0.25, 0.3) is 0 Å². The van der Waals surface area contributed by atoms with Gasteiger partial charge < -0.3 is 0 Å². The van der Waals surface area contributed by atoms with E-state index in [0.717, 1.165) is 12.0 Å². The quantitative estimate of drug-likeness (QED) is 0.537. The van der Waals surface area contributed by atoms with Gasteiger partial charge in [-0.15, -0.1) is 4.39 Å². The van der Waals surface area contributed by atoms with Gasteiger partial charge in [0.1, 0.15) is 6.17 Å². The molecule has 1 aromatic rings. The van der Waals surface area contributed by atoms with Gasteiger partial charge >= 0.3 is 0 Å². The second kappa shape index (κ2) is 3.78. The van der Waals surface area contributed by atoms with Gasteiger partial charge in [-0.25, -0.2) is 0 Å². The van der Waals surface area contributed by atoms with E-state index in [-0.39, 0.29) is 0 Å².